The average molecular weight is 268 g/mol. The molecule has 0 amide bonds. The molecule has 2 atom stereocenters. The maximum absolute atomic E-state index is 10.9. The van der Waals surface area contributed by atoms with Gasteiger partial charge in [-0.3, -0.25) is 4.79 Å². The molecule has 3 nitrogen and oxygen atoms in total. The number of piperidine rings is 1. The van der Waals surface area contributed by atoms with Crippen LogP contribution in [0, 0.1) is 0 Å². The normalized spacial score (nSPS) is 21.7. The van der Waals surface area contributed by atoms with E-state index in [1.165, 1.54) is 0 Å². The lowest BCUT2D eigenvalue weighted by Gasteiger charge is -2.31. The maximum atomic E-state index is 10.9. The molecule has 4 heteroatoms. The van der Waals surface area contributed by atoms with Crippen LogP contribution in [0.5, 0.6) is 0 Å². The first-order valence-electron chi connectivity index (χ1n) is 6.29. The van der Waals surface area contributed by atoms with Crippen molar-refractivity contribution in [1.82, 2.24) is 0 Å². The smallest absolute Gasteiger partial charge is 0.310 e. The highest BCUT2D eigenvalue weighted by Crippen LogP contribution is 2.24. The van der Waals surface area contributed by atoms with E-state index < -0.39 is 11.9 Å². The van der Waals surface area contributed by atoms with E-state index in [2.05, 4.69) is 4.90 Å². The van der Waals surface area contributed by atoms with Gasteiger partial charge in [0.2, 0.25) is 0 Å². The zero-order chi connectivity index (χ0) is 13.1. The zero-order valence-electron chi connectivity index (χ0n) is 10.5. The van der Waals surface area contributed by atoms with Crippen LogP contribution in [-0.2, 0) is 4.79 Å². The molecule has 1 saturated heterocycles. The standard InChI is InChI=1S/C14H18ClNO2/c1-10(14(17)18)11-4-6-13(7-5-11)16-8-2-3-12(15)9-16/h4-7,10,12H,2-3,8-9H2,1H3,(H,17,18). The van der Waals surface area contributed by atoms with Crippen LogP contribution in [0.1, 0.15) is 31.2 Å². The third kappa shape index (κ3) is 2.96. The number of hydrogen-bond acceptors (Lipinski definition) is 2. The van der Waals surface area contributed by atoms with Gasteiger partial charge in [0.25, 0.3) is 0 Å². The highest BCUT2D eigenvalue weighted by Gasteiger charge is 2.19. The minimum absolute atomic E-state index is 0.219. The summed E-state index contributed by atoms with van der Waals surface area (Å²) in [7, 11) is 0. The number of nitrogens with zero attached hydrogens (tertiary/aromatic N) is 1. The predicted octanol–water partition coefficient (Wildman–Crippen LogP) is 3.08. The van der Waals surface area contributed by atoms with Crippen molar-refractivity contribution in [3.8, 4) is 0 Å². The average Bonchev–Trinajstić information content (AvgIpc) is 2.38. The van der Waals surface area contributed by atoms with Gasteiger partial charge < -0.3 is 10.0 Å². The molecule has 0 saturated carbocycles. The molecule has 1 aromatic rings. The number of halogens is 1. The fourth-order valence-corrected chi connectivity index (χ4v) is 2.60. The van der Waals surface area contributed by atoms with Crippen LogP contribution in [0.4, 0.5) is 5.69 Å². The highest BCUT2D eigenvalue weighted by molar-refractivity contribution is 6.21. The van der Waals surface area contributed by atoms with Crippen LogP contribution in [-0.4, -0.2) is 29.5 Å². The predicted molar refractivity (Wildman–Crippen MR) is 73.6 cm³/mol. The molecule has 0 radical (unpaired) electrons. The van der Waals surface area contributed by atoms with Gasteiger partial charge in [-0.2, -0.15) is 0 Å². The Morgan fingerprint density at radius 3 is 2.67 bits per heavy atom. The van der Waals surface area contributed by atoms with E-state index in [0.29, 0.717) is 0 Å². The van der Waals surface area contributed by atoms with Gasteiger partial charge in [0, 0.05) is 18.8 Å². The van der Waals surface area contributed by atoms with E-state index in [9.17, 15) is 4.79 Å². The summed E-state index contributed by atoms with van der Waals surface area (Å²) in [6.45, 7) is 3.60. The van der Waals surface area contributed by atoms with Crippen molar-refractivity contribution in [3.63, 3.8) is 0 Å². The van der Waals surface area contributed by atoms with Crippen LogP contribution in [0.25, 0.3) is 0 Å². The Labute approximate surface area is 112 Å². The second-order valence-corrected chi connectivity index (χ2v) is 5.45. The summed E-state index contributed by atoms with van der Waals surface area (Å²) >= 11 is 6.17. The van der Waals surface area contributed by atoms with Crippen molar-refractivity contribution in [2.24, 2.45) is 0 Å². The summed E-state index contributed by atoms with van der Waals surface area (Å²) in [6, 6.07) is 7.77. The van der Waals surface area contributed by atoms with Gasteiger partial charge in [-0.25, -0.2) is 0 Å². The Bertz CT molecular complexity index is 418. The number of benzene rings is 1. The maximum Gasteiger partial charge on any atom is 0.310 e. The molecule has 1 aliphatic heterocycles. The molecule has 18 heavy (non-hydrogen) atoms. The first kappa shape index (κ1) is 13.2. The second kappa shape index (κ2) is 5.61. The van der Waals surface area contributed by atoms with Crippen LogP contribution in [0.2, 0.25) is 0 Å². The molecular weight excluding hydrogens is 250 g/mol. The van der Waals surface area contributed by atoms with Crippen molar-refractivity contribution >= 4 is 23.3 Å². The largest absolute Gasteiger partial charge is 0.481 e. The molecule has 1 aliphatic rings. The number of carboxylic acids is 1. The van der Waals surface area contributed by atoms with Gasteiger partial charge in [-0.05, 0) is 37.5 Å². The summed E-state index contributed by atoms with van der Waals surface area (Å²) in [6.07, 6.45) is 2.19. The Morgan fingerprint density at radius 1 is 1.44 bits per heavy atom. The first-order valence-corrected chi connectivity index (χ1v) is 6.73. The SMILES string of the molecule is CC(C(=O)O)c1ccc(N2CCCC(Cl)C2)cc1. The number of aliphatic carboxylic acids is 1. The molecule has 1 fully saturated rings. The summed E-state index contributed by atoms with van der Waals surface area (Å²) < 4.78 is 0. The minimum Gasteiger partial charge on any atom is -0.481 e. The number of rotatable bonds is 3. The molecule has 1 N–H and O–H groups in total. The van der Waals surface area contributed by atoms with Crippen LogP contribution in [0.3, 0.4) is 0 Å². The second-order valence-electron chi connectivity index (χ2n) is 4.84. The molecule has 2 unspecified atom stereocenters. The molecule has 0 bridgehead atoms. The van der Waals surface area contributed by atoms with Crippen LogP contribution >= 0.6 is 11.6 Å². The Balaban J connectivity index is 2.09. The van der Waals surface area contributed by atoms with Crippen molar-refractivity contribution in [2.75, 3.05) is 18.0 Å². The van der Waals surface area contributed by atoms with Crippen LogP contribution < -0.4 is 4.90 Å². The number of carboxylic acid groups (broad SMARTS) is 1. The lowest BCUT2D eigenvalue weighted by atomic mass is 10.0. The molecular formula is C14H18ClNO2. The van der Waals surface area contributed by atoms with Gasteiger partial charge in [-0.15, -0.1) is 11.6 Å². The van der Waals surface area contributed by atoms with Crippen LogP contribution in [0.15, 0.2) is 24.3 Å². The minimum atomic E-state index is -0.790. The van der Waals surface area contributed by atoms with Crippen molar-refractivity contribution in [2.45, 2.75) is 31.1 Å². The zero-order valence-corrected chi connectivity index (χ0v) is 11.2. The van der Waals surface area contributed by atoms with E-state index in [-0.39, 0.29) is 5.38 Å². The number of carbonyl (C=O) groups is 1. The fourth-order valence-electron chi connectivity index (χ4n) is 2.28. The third-order valence-corrected chi connectivity index (χ3v) is 3.85. The Kier molecular flexibility index (Phi) is 4.12. The lowest BCUT2D eigenvalue weighted by molar-refractivity contribution is -0.138. The summed E-state index contributed by atoms with van der Waals surface area (Å²) in [4.78, 5) is 13.2. The molecule has 2 rings (SSSR count). The van der Waals surface area contributed by atoms with E-state index in [4.69, 9.17) is 16.7 Å². The summed E-state index contributed by atoms with van der Waals surface area (Å²) in [5.41, 5.74) is 1.97. The van der Waals surface area contributed by atoms with Crippen molar-refractivity contribution < 1.29 is 9.90 Å². The number of alkyl halides is 1. The molecule has 98 valence electrons. The van der Waals surface area contributed by atoms with E-state index in [0.717, 1.165) is 37.2 Å². The monoisotopic (exact) mass is 267 g/mol. The number of anilines is 1. The fraction of sp³-hybridized carbons (Fsp3) is 0.500. The number of hydrogen-bond donors (Lipinski definition) is 1. The lowest BCUT2D eigenvalue weighted by Crippen LogP contribution is -2.35. The summed E-state index contributed by atoms with van der Waals surface area (Å²) in [5, 5.41) is 9.18. The molecule has 0 spiro atoms. The Hall–Kier alpha value is -1.22. The quantitative estimate of drug-likeness (QED) is 0.856. The molecule has 0 aliphatic carbocycles. The van der Waals surface area contributed by atoms with E-state index in [1.54, 1.807) is 6.92 Å². The van der Waals surface area contributed by atoms with Crippen molar-refractivity contribution in [1.29, 1.82) is 0 Å². The van der Waals surface area contributed by atoms with Gasteiger partial charge in [0.05, 0.1) is 11.3 Å². The Morgan fingerprint density at radius 2 is 2.11 bits per heavy atom. The third-order valence-electron chi connectivity index (χ3n) is 3.49. The topological polar surface area (TPSA) is 40.5 Å². The highest BCUT2D eigenvalue weighted by atomic mass is 35.5. The van der Waals surface area contributed by atoms with Gasteiger partial charge in [0.15, 0.2) is 0 Å². The molecule has 1 aromatic carbocycles. The van der Waals surface area contributed by atoms with E-state index in [1.807, 2.05) is 24.3 Å². The van der Waals surface area contributed by atoms with Gasteiger partial charge in [0.1, 0.15) is 0 Å². The molecule has 0 aromatic heterocycles. The first-order chi connectivity index (χ1) is 8.58. The van der Waals surface area contributed by atoms with Gasteiger partial charge in [-0.1, -0.05) is 12.1 Å². The van der Waals surface area contributed by atoms with Gasteiger partial charge >= 0.3 is 5.97 Å². The van der Waals surface area contributed by atoms with Crippen molar-refractivity contribution in [3.05, 3.63) is 29.8 Å². The summed E-state index contributed by atoms with van der Waals surface area (Å²) in [5.74, 6) is -1.25. The molecule has 1 heterocycles. The van der Waals surface area contributed by atoms with E-state index >= 15 is 0 Å².